The van der Waals surface area contributed by atoms with Gasteiger partial charge in [0, 0.05) is 17.8 Å². The lowest BCUT2D eigenvalue weighted by Gasteiger charge is -2.22. The van der Waals surface area contributed by atoms with Crippen LogP contribution in [0.3, 0.4) is 0 Å². The summed E-state index contributed by atoms with van der Waals surface area (Å²) in [7, 11) is 0. The zero-order valence-corrected chi connectivity index (χ0v) is 12.5. The predicted octanol–water partition coefficient (Wildman–Crippen LogP) is 0.666. The maximum atomic E-state index is 11.8. The monoisotopic (exact) mass is 293 g/mol. The summed E-state index contributed by atoms with van der Waals surface area (Å²) >= 11 is 0. The minimum Gasteiger partial charge on any atom is -0.399 e. The van der Waals surface area contributed by atoms with E-state index >= 15 is 0 Å². The van der Waals surface area contributed by atoms with Gasteiger partial charge in [0.2, 0.25) is 5.91 Å². The standard InChI is InChI=1S/C15H23N3O3/c1-3-8-15(2,21)10-18-13(19)9-17-14(20)11-4-6-12(16)7-5-11/h4-7,21H,3,8-10,16H2,1-2H3,(H,17,20)(H,18,19). The summed E-state index contributed by atoms with van der Waals surface area (Å²) in [5.41, 5.74) is 5.62. The summed E-state index contributed by atoms with van der Waals surface area (Å²) in [6.07, 6.45) is 1.43. The number of hydrogen-bond acceptors (Lipinski definition) is 4. The van der Waals surface area contributed by atoms with E-state index in [-0.39, 0.29) is 24.9 Å². The highest BCUT2D eigenvalue weighted by Gasteiger charge is 2.19. The van der Waals surface area contributed by atoms with Gasteiger partial charge in [-0.15, -0.1) is 0 Å². The van der Waals surface area contributed by atoms with Crippen LogP contribution in [0.15, 0.2) is 24.3 Å². The van der Waals surface area contributed by atoms with Crippen molar-refractivity contribution in [2.45, 2.75) is 32.3 Å². The van der Waals surface area contributed by atoms with Gasteiger partial charge in [-0.3, -0.25) is 9.59 Å². The van der Waals surface area contributed by atoms with Crippen LogP contribution in [0.1, 0.15) is 37.0 Å². The minimum absolute atomic E-state index is 0.134. The number of anilines is 1. The fourth-order valence-electron chi connectivity index (χ4n) is 1.88. The van der Waals surface area contributed by atoms with Crippen LogP contribution in [0.2, 0.25) is 0 Å². The second-order valence-corrected chi connectivity index (χ2v) is 5.33. The molecule has 1 unspecified atom stereocenters. The normalized spacial score (nSPS) is 13.3. The van der Waals surface area contributed by atoms with Crippen LogP contribution < -0.4 is 16.4 Å². The molecule has 1 atom stereocenters. The number of hydrogen-bond donors (Lipinski definition) is 4. The van der Waals surface area contributed by atoms with Gasteiger partial charge in [0.25, 0.3) is 5.91 Å². The number of aliphatic hydroxyl groups is 1. The van der Waals surface area contributed by atoms with E-state index in [4.69, 9.17) is 5.73 Å². The molecule has 0 fully saturated rings. The summed E-state index contributed by atoms with van der Waals surface area (Å²) in [6.45, 7) is 3.66. The highest BCUT2D eigenvalue weighted by Crippen LogP contribution is 2.09. The number of nitrogen functional groups attached to an aromatic ring is 1. The van der Waals surface area contributed by atoms with Crippen molar-refractivity contribution < 1.29 is 14.7 Å². The largest absolute Gasteiger partial charge is 0.399 e. The van der Waals surface area contributed by atoms with Gasteiger partial charge in [0.15, 0.2) is 0 Å². The van der Waals surface area contributed by atoms with Crippen molar-refractivity contribution in [2.75, 3.05) is 18.8 Å². The summed E-state index contributed by atoms with van der Waals surface area (Å²) in [6, 6.07) is 6.43. The van der Waals surface area contributed by atoms with Crippen molar-refractivity contribution in [3.63, 3.8) is 0 Å². The smallest absolute Gasteiger partial charge is 0.251 e. The SMILES string of the molecule is CCCC(C)(O)CNC(=O)CNC(=O)c1ccc(N)cc1. The maximum absolute atomic E-state index is 11.8. The van der Waals surface area contributed by atoms with Crippen molar-refractivity contribution in [3.05, 3.63) is 29.8 Å². The lowest BCUT2D eigenvalue weighted by atomic mass is 10.0. The van der Waals surface area contributed by atoms with Gasteiger partial charge in [0.1, 0.15) is 0 Å². The molecule has 0 saturated carbocycles. The fraction of sp³-hybridized carbons (Fsp3) is 0.467. The first kappa shape index (κ1) is 17.0. The van der Waals surface area contributed by atoms with E-state index in [0.717, 1.165) is 6.42 Å². The van der Waals surface area contributed by atoms with Crippen LogP contribution in [0.5, 0.6) is 0 Å². The highest BCUT2D eigenvalue weighted by molar-refractivity contribution is 5.96. The van der Waals surface area contributed by atoms with Crippen molar-refractivity contribution >= 4 is 17.5 Å². The summed E-state index contributed by atoms with van der Waals surface area (Å²) in [5, 5.41) is 15.0. The van der Waals surface area contributed by atoms with Gasteiger partial charge >= 0.3 is 0 Å². The molecule has 1 aromatic carbocycles. The number of nitrogens with two attached hydrogens (primary N) is 1. The molecule has 6 heteroatoms. The molecular weight excluding hydrogens is 270 g/mol. The molecule has 116 valence electrons. The molecular formula is C15H23N3O3. The quantitative estimate of drug-likeness (QED) is 0.554. The van der Waals surface area contributed by atoms with Crippen LogP contribution >= 0.6 is 0 Å². The molecule has 0 aliphatic rings. The van der Waals surface area contributed by atoms with Crippen LogP contribution in [-0.2, 0) is 4.79 Å². The van der Waals surface area contributed by atoms with E-state index < -0.39 is 5.60 Å². The van der Waals surface area contributed by atoms with Gasteiger partial charge in [-0.2, -0.15) is 0 Å². The number of rotatable bonds is 7. The first-order chi connectivity index (χ1) is 9.84. The zero-order chi connectivity index (χ0) is 15.9. The molecule has 5 N–H and O–H groups in total. The zero-order valence-electron chi connectivity index (χ0n) is 12.5. The molecule has 0 spiro atoms. The minimum atomic E-state index is -0.925. The number of nitrogens with one attached hydrogen (secondary N) is 2. The van der Waals surface area contributed by atoms with E-state index in [9.17, 15) is 14.7 Å². The Bertz CT molecular complexity index is 483. The molecule has 0 radical (unpaired) electrons. The van der Waals surface area contributed by atoms with Gasteiger partial charge in [-0.25, -0.2) is 0 Å². The third-order valence-corrected chi connectivity index (χ3v) is 3.04. The Morgan fingerprint density at radius 2 is 1.86 bits per heavy atom. The van der Waals surface area contributed by atoms with E-state index in [2.05, 4.69) is 10.6 Å². The Kier molecular flexibility index (Phi) is 6.17. The van der Waals surface area contributed by atoms with Crippen LogP contribution in [-0.4, -0.2) is 35.6 Å². The topological polar surface area (TPSA) is 104 Å². The summed E-state index contributed by atoms with van der Waals surface area (Å²) in [5.74, 6) is -0.680. The molecule has 2 amide bonds. The van der Waals surface area contributed by atoms with E-state index in [1.165, 1.54) is 0 Å². The fourth-order valence-corrected chi connectivity index (χ4v) is 1.88. The number of carbonyl (C=O) groups excluding carboxylic acids is 2. The van der Waals surface area contributed by atoms with Gasteiger partial charge in [-0.1, -0.05) is 13.3 Å². The number of amides is 2. The Balaban J connectivity index is 2.36. The Morgan fingerprint density at radius 1 is 1.24 bits per heavy atom. The van der Waals surface area contributed by atoms with Crippen molar-refractivity contribution in [1.82, 2.24) is 10.6 Å². The van der Waals surface area contributed by atoms with Gasteiger partial charge < -0.3 is 21.5 Å². The van der Waals surface area contributed by atoms with Gasteiger partial charge in [-0.05, 0) is 37.6 Å². The van der Waals surface area contributed by atoms with Crippen molar-refractivity contribution in [2.24, 2.45) is 0 Å². The molecule has 0 bridgehead atoms. The average Bonchev–Trinajstić information content (AvgIpc) is 2.43. The van der Waals surface area contributed by atoms with E-state index in [1.807, 2.05) is 6.92 Å². The molecule has 0 aliphatic heterocycles. The lowest BCUT2D eigenvalue weighted by Crippen LogP contribution is -2.44. The molecule has 0 aliphatic carbocycles. The Labute approximate surface area is 124 Å². The number of benzene rings is 1. The molecule has 1 aromatic rings. The molecule has 6 nitrogen and oxygen atoms in total. The van der Waals surface area contributed by atoms with E-state index in [1.54, 1.807) is 31.2 Å². The second kappa shape index (κ2) is 7.64. The molecule has 0 saturated heterocycles. The molecule has 21 heavy (non-hydrogen) atoms. The molecule has 0 aromatic heterocycles. The first-order valence-electron chi connectivity index (χ1n) is 6.97. The Morgan fingerprint density at radius 3 is 2.43 bits per heavy atom. The lowest BCUT2D eigenvalue weighted by molar-refractivity contribution is -0.121. The molecule has 0 heterocycles. The van der Waals surface area contributed by atoms with Crippen molar-refractivity contribution in [3.8, 4) is 0 Å². The summed E-state index contributed by atoms with van der Waals surface area (Å²) in [4.78, 5) is 23.4. The second-order valence-electron chi connectivity index (χ2n) is 5.33. The number of carbonyl (C=O) groups is 2. The van der Waals surface area contributed by atoms with Gasteiger partial charge in [0.05, 0.1) is 12.1 Å². The average molecular weight is 293 g/mol. The third-order valence-electron chi connectivity index (χ3n) is 3.04. The maximum Gasteiger partial charge on any atom is 0.251 e. The highest BCUT2D eigenvalue weighted by atomic mass is 16.3. The van der Waals surface area contributed by atoms with Crippen LogP contribution in [0.25, 0.3) is 0 Å². The molecule has 1 rings (SSSR count). The van der Waals surface area contributed by atoms with Crippen LogP contribution in [0.4, 0.5) is 5.69 Å². The van der Waals surface area contributed by atoms with E-state index in [0.29, 0.717) is 17.7 Å². The van der Waals surface area contributed by atoms with Crippen molar-refractivity contribution in [1.29, 1.82) is 0 Å². The first-order valence-corrected chi connectivity index (χ1v) is 6.97. The predicted molar refractivity (Wildman–Crippen MR) is 81.7 cm³/mol. The third kappa shape index (κ3) is 6.27. The Hall–Kier alpha value is -2.08. The summed E-state index contributed by atoms with van der Waals surface area (Å²) < 4.78 is 0. The van der Waals surface area contributed by atoms with Crippen LogP contribution in [0, 0.1) is 0 Å².